The van der Waals surface area contributed by atoms with Gasteiger partial charge in [0, 0.05) is 13.0 Å². The van der Waals surface area contributed by atoms with Crippen molar-refractivity contribution in [2.75, 3.05) is 0 Å². The van der Waals surface area contributed by atoms with Crippen LogP contribution in [0, 0.1) is 0 Å². The lowest BCUT2D eigenvalue weighted by atomic mass is 9.98. The number of ether oxygens (including phenoxy) is 1. The number of esters is 1. The molecule has 0 radical (unpaired) electrons. The summed E-state index contributed by atoms with van der Waals surface area (Å²) in [6.07, 6.45) is 1.74. The number of nitrogens with zero attached hydrogens (tertiary/aromatic N) is 2. The Morgan fingerprint density at radius 1 is 1.00 bits per heavy atom. The highest BCUT2D eigenvalue weighted by molar-refractivity contribution is 5.97. The third kappa shape index (κ3) is 5.43. The molecule has 0 aliphatic rings. The average molecular weight is 471 g/mol. The van der Waals surface area contributed by atoms with Gasteiger partial charge in [-0.15, -0.1) is 0 Å². The predicted octanol–water partition coefficient (Wildman–Crippen LogP) is 6.36. The van der Waals surface area contributed by atoms with Crippen molar-refractivity contribution >= 4 is 23.0 Å². The van der Waals surface area contributed by atoms with Gasteiger partial charge in [0.25, 0.3) is 0 Å². The first-order chi connectivity index (χ1) is 16.7. The molecule has 0 aliphatic carbocycles. The Balaban J connectivity index is 1.66. The van der Waals surface area contributed by atoms with Crippen LogP contribution in [0.5, 0.6) is 0 Å². The minimum atomic E-state index is -0.954. The number of aromatic carboxylic acids is 1. The van der Waals surface area contributed by atoms with Gasteiger partial charge in [-0.3, -0.25) is 0 Å². The second-order valence-corrected chi connectivity index (χ2v) is 9.62. The van der Waals surface area contributed by atoms with Crippen molar-refractivity contribution < 1.29 is 19.4 Å². The summed E-state index contributed by atoms with van der Waals surface area (Å²) in [4.78, 5) is 29.0. The van der Waals surface area contributed by atoms with E-state index >= 15 is 0 Å². The fourth-order valence-electron chi connectivity index (χ4n) is 4.11. The van der Waals surface area contributed by atoms with Crippen molar-refractivity contribution in [3.63, 3.8) is 0 Å². The summed E-state index contributed by atoms with van der Waals surface area (Å²) in [5.74, 6) is -0.366. The van der Waals surface area contributed by atoms with Crippen molar-refractivity contribution in [1.29, 1.82) is 0 Å². The summed E-state index contributed by atoms with van der Waals surface area (Å²) in [6.45, 7) is 8.24. The Morgan fingerprint density at radius 3 is 2.37 bits per heavy atom. The smallest absolute Gasteiger partial charge is 0.339 e. The predicted molar refractivity (Wildman–Crippen MR) is 137 cm³/mol. The minimum Gasteiger partial charge on any atom is -0.478 e. The van der Waals surface area contributed by atoms with E-state index in [0.717, 1.165) is 46.4 Å². The first kappa shape index (κ1) is 24.2. The number of imidazole rings is 1. The van der Waals surface area contributed by atoms with Gasteiger partial charge in [0.1, 0.15) is 11.4 Å². The number of carbonyl (C=O) groups is 2. The zero-order chi connectivity index (χ0) is 25.2. The summed E-state index contributed by atoms with van der Waals surface area (Å²) < 4.78 is 7.68. The van der Waals surface area contributed by atoms with E-state index < -0.39 is 11.6 Å². The van der Waals surface area contributed by atoms with Crippen LogP contribution in [0.4, 0.5) is 0 Å². The van der Waals surface area contributed by atoms with Crippen molar-refractivity contribution in [2.45, 2.75) is 52.7 Å². The lowest BCUT2D eigenvalue weighted by Gasteiger charge is -2.20. The van der Waals surface area contributed by atoms with Gasteiger partial charge >= 0.3 is 11.9 Å². The zero-order valence-corrected chi connectivity index (χ0v) is 20.5. The molecule has 1 N–H and O–H groups in total. The highest BCUT2D eigenvalue weighted by Crippen LogP contribution is 2.27. The molecular weight excluding hydrogens is 440 g/mol. The Kier molecular flexibility index (Phi) is 6.74. The van der Waals surface area contributed by atoms with Crippen LogP contribution in [0.3, 0.4) is 0 Å². The number of carbonyl (C=O) groups excluding carboxylic acids is 1. The Labute approximate surface area is 205 Å². The van der Waals surface area contributed by atoms with Crippen molar-refractivity contribution in [3.05, 3.63) is 89.2 Å². The normalized spacial score (nSPS) is 11.5. The van der Waals surface area contributed by atoms with E-state index in [-0.39, 0.29) is 11.5 Å². The largest absolute Gasteiger partial charge is 0.478 e. The van der Waals surface area contributed by atoms with Gasteiger partial charge in [-0.05, 0) is 68.1 Å². The molecule has 6 heteroatoms. The highest BCUT2D eigenvalue weighted by atomic mass is 16.6. The van der Waals surface area contributed by atoms with Crippen LogP contribution in [0.25, 0.3) is 22.2 Å². The molecule has 1 aromatic heterocycles. The molecule has 0 atom stereocenters. The standard InChI is InChI=1S/C29H30N2O4/c1-5-8-26-30-24-16-15-21(27(32)33)17-25(24)31(26)18-19-11-13-20(14-12-19)22-9-6-7-10-23(22)28(34)35-29(2,3)4/h6-7,9-17H,5,8,18H2,1-4H3,(H,32,33). The molecule has 4 aromatic rings. The molecule has 180 valence electrons. The van der Waals surface area contributed by atoms with Crippen LogP contribution in [0.15, 0.2) is 66.7 Å². The number of fused-ring (bicyclic) bond motifs is 1. The molecule has 4 rings (SSSR count). The maximum atomic E-state index is 12.8. The van der Waals surface area contributed by atoms with E-state index in [1.807, 2.05) is 63.2 Å². The second kappa shape index (κ2) is 9.74. The Hall–Kier alpha value is -3.93. The third-order valence-corrected chi connectivity index (χ3v) is 5.70. The quantitative estimate of drug-likeness (QED) is 0.318. The first-order valence-electron chi connectivity index (χ1n) is 11.8. The number of hydrogen-bond acceptors (Lipinski definition) is 4. The molecule has 0 spiro atoms. The molecule has 0 unspecified atom stereocenters. The number of aryl methyl sites for hydroxylation is 1. The first-order valence-corrected chi connectivity index (χ1v) is 11.8. The molecule has 1 heterocycles. The molecule has 0 bridgehead atoms. The van der Waals surface area contributed by atoms with E-state index in [4.69, 9.17) is 9.72 Å². The van der Waals surface area contributed by atoms with Gasteiger partial charge in [0.2, 0.25) is 0 Å². The Morgan fingerprint density at radius 2 is 1.71 bits per heavy atom. The van der Waals surface area contributed by atoms with Crippen LogP contribution >= 0.6 is 0 Å². The molecule has 3 aromatic carbocycles. The number of hydrogen-bond donors (Lipinski definition) is 1. The summed E-state index contributed by atoms with van der Waals surface area (Å²) in [7, 11) is 0. The van der Waals surface area contributed by atoms with Gasteiger partial charge in [-0.25, -0.2) is 14.6 Å². The fraction of sp³-hybridized carbons (Fsp3) is 0.276. The SMILES string of the molecule is CCCc1nc2ccc(C(=O)O)cc2n1Cc1ccc(-c2ccccc2C(=O)OC(C)(C)C)cc1. The second-order valence-electron chi connectivity index (χ2n) is 9.62. The van der Waals surface area contributed by atoms with Crippen LogP contribution < -0.4 is 0 Å². The van der Waals surface area contributed by atoms with Crippen LogP contribution in [-0.2, 0) is 17.7 Å². The summed E-state index contributed by atoms with van der Waals surface area (Å²) in [5, 5.41) is 9.44. The fourth-order valence-corrected chi connectivity index (χ4v) is 4.11. The van der Waals surface area contributed by atoms with E-state index in [0.29, 0.717) is 12.1 Å². The van der Waals surface area contributed by atoms with E-state index in [1.54, 1.807) is 24.3 Å². The van der Waals surface area contributed by atoms with Gasteiger partial charge in [-0.2, -0.15) is 0 Å². The molecule has 0 saturated heterocycles. The van der Waals surface area contributed by atoms with E-state index in [9.17, 15) is 14.7 Å². The number of carboxylic acid groups (broad SMARTS) is 1. The monoisotopic (exact) mass is 470 g/mol. The number of benzene rings is 3. The molecule has 0 fully saturated rings. The lowest BCUT2D eigenvalue weighted by molar-refractivity contribution is 0.00702. The summed E-state index contributed by atoms with van der Waals surface area (Å²) in [5.41, 5.74) is 4.61. The maximum Gasteiger partial charge on any atom is 0.339 e. The van der Waals surface area contributed by atoms with Crippen molar-refractivity contribution in [2.24, 2.45) is 0 Å². The van der Waals surface area contributed by atoms with Gasteiger partial charge < -0.3 is 14.4 Å². The maximum absolute atomic E-state index is 12.8. The molecule has 35 heavy (non-hydrogen) atoms. The average Bonchev–Trinajstić information content (AvgIpc) is 3.15. The molecule has 6 nitrogen and oxygen atoms in total. The van der Waals surface area contributed by atoms with Crippen molar-refractivity contribution in [1.82, 2.24) is 9.55 Å². The lowest BCUT2D eigenvalue weighted by Crippen LogP contribution is -2.24. The van der Waals surface area contributed by atoms with E-state index in [2.05, 4.69) is 11.5 Å². The molecular formula is C29H30N2O4. The molecule has 0 saturated carbocycles. The topological polar surface area (TPSA) is 81.4 Å². The van der Waals surface area contributed by atoms with Gasteiger partial charge in [-0.1, -0.05) is 49.4 Å². The van der Waals surface area contributed by atoms with Crippen LogP contribution in [-0.4, -0.2) is 32.2 Å². The third-order valence-electron chi connectivity index (χ3n) is 5.70. The van der Waals surface area contributed by atoms with Crippen LogP contribution in [0.2, 0.25) is 0 Å². The molecule has 0 amide bonds. The van der Waals surface area contributed by atoms with Crippen molar-refractivity contribution in [3.8, 4) is 11.1 Å². The van der Waals surface area contributed by atoms with E-state index in [1.165, 1.54) is 0 Å². The zero-order valence-electron chi connectivity index (χ0n) is 20.5. The summed E-state index contributed by atoms with van der Waals surface area (Å²) >= 11 is 0. The Bertz CT molecular complexity index is 1380. The van der Waals surface area contributed by atoms with Gasteiger partial charge in [0.05, 0.1) is 22.2 Å². The highest BCUT2D eigenvalue weighted by Gasteiger charge is 2.21. The number of rotatable bonds is 7. The van der Waals surface area contributed by atoms with Crippen LogP contribution in [0.1, 0.15) is 66.2 Å². The van der Waals surface area contributed by atoms with Gasteiger partial charge in [0.15, 0.2) is 0 Å². The summed E-state index contributed by atoms with van der Waals surface area (Å²) in [6, 6.07) is 20.6. The number of carboxylic acids is 1. The number of aromatic nitrogens is 2. The minimum absolute atomic E-state index is 0.246. The molecule has 0 aliphatic heterocycles.